The molecular formula is C26H32ClF5N4O2. The molecule has 12 heteroatoms. The smallest absolute Gasteiger partial charge is 0.367 e. The van der Waals surface area contributed by atoms with Gasteiger partial charge in [-0.05, 0) is 30.2 Å². The van der Waals surface area contributed by atoms with E-state index >= 15 is 0 Å². The number of hydrogen-bond donors (Lipinski definition) is 2. The first-order valence-corrected chi connectivity index (χ1v) is 12.5. The number of nitrogens with one attached hydrogen (secondary N) is 2. The maximum atomic E-state index is 14.5. The molecule has 2 amide bonds. The van der Waals surface area contributed by atoms with Gasteiger partial charge in [-0.2, -0.15) is 13.2 Å². The fourth-order valence-corrected chi connectivity index (χ4v) is 3.78. The van der Waals surface area contributed by atoms with Crippen LogP contribution in [0.2, 0.25) is 5.02 Å². The Morgan fingerprint density at radius 2 is 1.68 bits per heavy atom. The summed E-state index contributed by atoms with van der Waals surface area (Å²) in [6.07, 6.45) is -4.77. The van der Waals surface area contributed by atoms with Crippen LogP contribution >= 0.6 is 11.6 Å². The van der Waals surface area contributed by atoms with E-state index in [2.05, 4.69) is 31.4 Å². The van der Waals surface area contributed by atoms with E-state index in [0.29, 0.717) is 49.0 Å². The van der Waals surface area contributed by atoms with E-state index in [4.69, 9.17) is 11.6 Å². The lowest BCUT2D eigenvalue weighted by atomic mass is 10.1. The van der Waals surface area contributed by atoms with Crippen LogP contribution in [0.3, 0.4) is 0 Å². The first-order chi connectivity index (χ1) is 17.8. The normalized spacial score (nSPS) is 14.1. The average Bonchev–Trinajstić information content (AvgIpc) is 2.84. The summed E-state index contributed by atoms with van der Waals surface area (Å²) >= 11 is 6.11. The fraction of sp³-hybridized carbons (Fsp3) is 0.462. The molecule has 2 aromatic carbocycles. The number of anilines is 2. The van der Waals surface area contributed by atoms with E-state index in [9.17, 15) is 31.5 Å². The van der Waals surface area contributed by atoms with Crippen LogP contribution < -0.4 is 15.5 Å². The first-order valence-electron chi connectivity index (χ1n) is 12.1. The Kier molecular flexibility index (Phi) is 11.8. The second-order valence-electron chi connectivity index (χ2n) is 9.44. The molecular weight excluding hydrogens is 531 g/mol. The number of amides is 2. The van der Waals surface area contributed by atoms with E-state index in [1.54, 1.807) is 11.0 Å². The van der Waals surface area contributed by atoms with E-state index in [1.165, 1.54) is 18.2 Å². The fourth-order valence-electron chi connectivity index (χ4n) is 3.61. The van der Waals surface area contributed by atoms with Gasteiger partial charge in [0.15, 0.2) is 11.6 Å². The third kappa shape index (κ3) is 9.75. The number of hydrogen-bond acceptors (Lipinski definition) is 4. The van der Waals surface area contributed by atoms with Gasteiger partial charge >= 0.3 is 6.18 Å². The molecule has 2 N–H and O–H groups in total. The molecule has 1 saturated heterocycles. The number of alkyl halides is 3. The maximum Gasteiger partial charge on any atom is 0.390 e. The largest absolute Gasteiger partial charge is 0.390 e. The summed E-state index contributed by atoms with van der Waals surface area (Å²) in [6.45, 7) is 7.72. The van der Waals surface area contributed by atoms with Crippen molar-refractivity contribution in [2.75, 3.05) is 42.9 Å². The van der Waals surface area contributed by atoms with Crippen LogP contribution in [0.5, 0.6) is 0 Å². The molecule has 1 heterocycles. The van der Waals surface area contributed by atoms with Gasteiger partial charge in [-0.25, -0.2) is 8.78 Å². The Balaban J connectivity index is 0.00000118. The molecule has 0 aliphatic carbocycles. The molecule has 2 aromatic rings. The van der Waals surface area contributed by atoms with Crippen molar-refractivity contribution in [2.24, 2.45) is 5.92 Å². The monoisotopic (exact) mass is 562 g/mol. The molecule has 0 saturated carbocycles. The van der Waals surface area contributed by atoms with E-state index in [0.717, 1.165) is 12.0 Å². The lowest BCUT2D eigenvalue weighted by molar-refractivity contribution is -0.138. The Morgan fingerprint density at radius 1 is 1.05 bits per heavy atom. The molecule has 0 atom stereocenters. The summed E-state index contributed by atoms with van der Waals surface area (Å²) in [5, 5.41) is 5.15. The minimum Gasteiger partial charge on any atom is -0.367 e. The molecule has 0 aromatic heterocycles. The Labute approximate surface area is 224 Å². The highest BCUT2D eigenvalue weighted by Crippen LogP contribution is 2.31. The average molecular weight is 563 g/mol. The van der Waals surface area contributed by atoms with Crippen molar-refractivity contribution in [2.45, 2.75) is 39.9 Å². The van der Waals surface area contributed by atoms with Crippen molar-refractivity contribution < 1.29 is 31.5 Å². The number of nitrogens with zero attached hydrogens (tertiary/aromatic N) is 2. The number of halogens is 6. The summed E-state index contributed by atoms with van der Waals surface area (Å²) in [7, 11) is 0. The molecule has 6 nitrogen and oxygen atoms in total. The van der Waals surface area contributed by atoms with Gasteiger partial charge in [0.2, 0.25) is 6.41 Å². The van der Waals surface area contributed by atoms with Crippen LogP contribution in [0.1, 0.15) is 43.1 Å². The predicted octanol–water partition coefficient (Wildman–Crippen LogP) is 5.85. The molecule has 0 unspecified atom stereocenters. The topological polar surface area (TPSA) is 64.7 Å². The number of carbonyl (C=O) groups is 2. The Hall–Kier alpha value is -2.92. The molecule has 0 spiro atoms. The van der Waals surface area contributed by atoms with E-state index < -0.39 is 35.7 Å². The van der Waals surface area contributed by atoms with E-state index in [-0.39, 0.29) is 18.7 Å². The quantitative estimate of drug-likeness (QED) is 0.313. The number of carbonyl (C=O) groups excluding carboxylic acids is 2. The summed E-state index contributed by atoms with van der Waals surface area (Å²) < 4.78 is 66.2. The van der Waals surface area contributed by atoms with Crippen molar-refractivity contribution >= 4 is 35.3 Å². The standard InChI is InChI=1S/C22H22ClF5N4O2.C4H10/c23-15-2-4-17(18(11-15)32-9-7-31(8-10-32)6-5-22(26,27)28)30-21(34)16-3-1-14(12-29-13-33)19(24)20(16)25;1-4(2)3/h1-4,11,13H,5-10,12H2,(H,29,33)(H,30,34);4H,1-3H3. The zero-order valence-corrected chi connectivity index (χ0v) is 22.2. The van der Waals surface area contributed by atoms with Crippen molar-refractivity contribution in [1.29, 1.82) is 0 Å². The third-order valence-electron chi connectivity index (χ3n) is 5.42. The molecule has 0 bridgehead atoms. The molecule has 1 fully saturated rings. The van der Waals surface area contributed by atoms with Gasteiger partial charge in [0.1, 0.15) is 0 Å². The molecule has 0 radical (unpaired) electrons. The van der Waals surface area contributed by atoms with Gasteiger partial charge in [-0.1, -0.05) is 38.4 Å². The molecule has 38 heavy (non-hydrogen) atoms. The zero-order valence-electron chi connectivity index (χ0n) is 21.5. The minimum absolute atomic E-state index is 0.0975. The van der Waals surface area contributed by atoms with Gasteiger partial charge < -0.3 is 15.5 Å². The van der Waals surface area contributed by atoms with Gasteiger partial charge in [-0.15, -0.1) is 0 Å². The number of benzene rings is 2. The van der Waals surface area contributed by atoms with Crippen molar-refractivity contribution in [3.63, 3.8) is 0 Å². The SMILES string of the molecule is CC(C)C.O=CNCc1ccc(C(=O)Nc2ccc(Cl)cc2N2CCN(CCC(F)(F)F)CC2)c(F)c1F. The number of rotatable bonds is 8. The lowest BCUT2D eigenvalue weighted by Gasteiger charge is -2.37. The predicted molar refractivity (Wildman–Crippen MR) is 139 cm³/mol. The highest BCUT2D eigenvalue weighted by Gasteiger charge is 2.29. The Morgan fingerprint density at radius 3 is 2.26 bits per heavy atom. The van der Waals surface area contributed by atoms with Crippen LogP contribution in [0, 0.1) is 17.6 Å². The second kappa shape index (κ2) is 14.3. The summed E-state index contributed by atoms with van der Waals surface area (Å²) in [6, 6.07) is 6.94. The van der Waals surface area contributed by atoms with E-state index in [1.807, 2.05) is 4.90 Å². The zero-order chi connectivity index (χ0) is 28.5. The summed E-state index contributed by atoms with van der Waals surface area (Å²) in [5.74, 6) is -2.65. The van der Waals surface area contributed by atoms with Crippen LogP contribution in [0.4, 0.5) is 33.3 Å². The van der Waals surface area contributed by atoms with Crippen molar-refractivity contribution in [1.82, 2.24) is 10.2 Å². The van der Waals surface area contributed by atoms with Gasteiger partial charge in [-0.3, -0.25) is 14.5 Å². The van der Waals surface area contributed by atoms with Crippen LogP contribution in [0.25, 0.3) is 0 Å². The minimum atomic E-state index is -4.22. The first kappa shape index (κ1) is 31.3. The highest BCUT2D eigenvalue weighted by atomic mass is 35.5. The summed E-state index contributed by atoms with van der Waals surface area (Å²) in [4.78, 5) is 26.6. The van der Waals surface area contributed by atoms with Crippen molar-refractivity contribution in [3.05, 3.63) is 58.1 Å². The van der Waals surface area contributed by atoms with Crippen LogP contribution in [-0.2, 0) is 11.3 Å². The van der Waals surface area contributed by atoms with Gasteiger partial charge in [0.05, 0.1) is 23.4 Å². The third-order valence-corrected chi connectivity index (χ3v) is 5.65. The van der Waals surface area contributed by atoms with Crippen molar-refractivity contribution in [3.8, 4) is 0 Å². The molecule has 1 aliphatic heterocycles. The summed E-state index contributed by atoms with van der Waals surface area (Å²) in [5.41, 5.74) is 0.176. The van der Waals surface area contributed by atoms with Crippen LogP contribution in [0.15, 0.2) is 30.3 Å². The molecule has 1 aliphatic rings. The van der Waals surface area contributed by atoms with Gasteiger partial charge in [0.25, 0.3) is 5.91 Å². The molecule has 210 valence electrons. The molecule has 3 rings (SSSR count). The maximum absolute atomic E-state index is 14.5. The highest BCUT2D eigenvalue weighted by molar-refractivity contribution is 6.31. The Bertz CT molecular complexity index is 1090. The number of piperazine rings is 1. The second-order valence-corrected chi connectivity index (χ2v) is 9.88. The van der Waals surface area contributed by atoms with Gasteiger partial charge in [0, 0.05) is 49.9 Å². The lowest BCUT2D eigenvalue weighted by Crippen LogP contribution is -2.47. The van der Waals surface area contributed by atoms with Crippen LogP contribution in [-0.4, -0.2) is 56.1 Å².